The summed E-state index contributed by atoms with van der Waals surface area (Å²) in [7, 11) is 6.32. The summed E-state index contributed by atoms with van der Waals surface area (Å²) in [6.07, 6.45) is 0.862. The van der Waals surface area contributed by atoms with E-state index in [0.29, 0.717) is 64.3 Å². The van der Waals surface area contributed by atoms with Gasteiger partial charge in [0.15, 0.2) is 28.8 Å². The number of allylic oxidation sites excluding steroid dienone is 3. The van der Waals surface area contributed by atoms with Gasteiger partial charge in [-0.1, -0.05) is 24.3 Å². The van der Waals surface area contributed by atoms with Crippen LogP contribution in [0, 0.1) is 0 Å². The lowest BCUT2D eigenvalue weighted by Gasteiger charge is -2.37. The van der Waals surface area contributed by atoms with Gasteiger partial charge >= 0.3 is 0 Å². The number of amides is 1. The second-order valence-electron chi connectivity index (χ2n) is 10.6. The number of carbonyl (C=O) groups is 2. The number of hydrogen-bond acceptors (Lipinski definition) is 8. The van der Waals surface area contributed by atoms with E-state index in [2.05, 4.69) is 10.6 Å². The number of carbonyl (C=O) groups excluding carboxylic acids is 2. The minimum atomic E-state index is -0.635. The lowest BCUT2D eigenvalue weighted by molar-refractivity contribution is -0.116. The SMILES string of the molecule is CCOc1ccc(C2C(C(=O)Nc3ccccc3OC)=C(C)NC3=C2C(=O)CC(c2ccc(OC)c(OC)c2)C3)cc1OC. The van der Waals surface area contributed by atoms with Crippen LogP contribution in [0.3, 0.4) is 0 Å². The molecule has 0 spiro atoms. The molecule has 230 valence electrons. The van der Waals surface area contributed by atoms with Gasteiger partial charge in [0.2, 0.25) is 0 Å². The van der Waals surface area contributed by atoms with Crippen molar-refractivity contribution in [3.63, 3.8) is 0 Å². The zero-order valence-corrected chi connectivity index (χ0v) is 25.9. The summed E-state index contributed by atoms with van der Waals surface area (Å²) < 4.78 is 27.8. The van der Waals surface area contributed by atoms with Crippen molar-refractivity contribution >= 4 is 17.4 Å². The molecular formula is C35H38N2O7. The highest BCUT2D eigenvalue weighted by Gasteiger charge is 2.41. The predicted octanol–water partition coefficient (Wildman–Crippen LogP) is 6.12. The molecule has 1 heterocycles. The molecule has 2 N–H and O–H groups in total. The number of rotatable bonds is 10. The van der Waals surface area contributed by atoms with Crippen LogP contribution in [0.25, 0.3) is 0 Å². The van der Waals surface area contributed by atoms with E-state index in [9.17, 15) is 9.59 Å². The van der Waals surface area contributed by atoms with Crippen molar-refractivity contribution in [2.45, 2.75) is 38.5 Å². The number of Topliss-reactive ketones (excluding diaryl/α,β-unsaturated/α-hetero) is 1. The van der Waals surface area contributed by atoms with Gasteiger partial charge in [-0.3, -0.25) is 9.59 Å². The molecule has 1 aliphatic carbocycles. The fraction of sp³-hybridized carbons (Fsp3) is 0.314. The van der Waals surface area contributed by atoms with Gasteiger partial charge < -0.3 is 34.3 Å². The molecule has 0 fully saturated rings. The fourth-order valence-electron chi connectivity index (χ4n) is 6.09. The predicted molar refractivity (Wildman–Crippen MR) is 168 cm³/mol. The monoisotopic (exact) mass is 598 g/mol. The number of anilines is 1. The van der Waals surface area contributed by atoms with Crippen molar-refractivity contribution in [2.24, 2.45) is 0 Å². The number of methoxy groups -OCH3 is 4. The van der Waals surface area contributed by atoms with E-state index in [1.54, 1.807) is 40.6 Å². The summed E-state index contributed by atoms with van der Waals surface area (Å²) >= 11 is 0. The summed E-state index contributed by atoms with van der Waals surface area (Å²) in [6.45, 7) is 4.24. The molecule has 5 rings (SSSR count). The topological polar surface area (TPSA) is 104 Å². The maximum atomic E-state index is 14.1. The normalized spacial score (nSPS) is 17.8. The van der Waals surface area contributed by atoms with Crippen molar-refractivity contribution in [3.8, 4) is 28.7 Å². The zero-order chi connectivity index (χ0) is 31.4. The zero-order valence-electron chi connectivity index (χ0n) is 25.9. The average Bonchev–Trinajstić information content (AvgIpc) is 3.04. The number of ketones is 1. The van der Waals surface area contributed by atoms with Gasteiger partial charge in [-0.2, -0.15) is 0 Å². The smallest absolute Gasteiger partial charge is 0.254 e. The second kappa shape index (κ2) is 13.2. The Morgan fingerprint density at radius 3 is 2.16 bits per heavy atom. The van der Waals surface area contributed by atoms with E-state index in [1.165, 1.54) is 0 Å². The molecule has 1 aliphatic heterocycles. The standard InChI is InChI=1S/C35H38N2O7/c1-7-44-29-15-13-22(19-31(29)43-6)33-32(35(39)37-24-10-8-9-11-27(24)40-3)20(2)36-25-16-23(17-26(38)34(25)33)21-12-14-28(41-4)30(18-21)42-5/h8-15,18-19,23,33,36H,7,16-17H2,1-6H3,(H,37,39). The Labute approximate surface area is 257 Å². The van der Waals surface area contributed by atoms with Crippen molar-refractivity contribution in [1.82, 2.24) is 5.32 Å². The Morgan fingerprint density at radius 2 is 1.45 bits per heavy atom. The van der Waals surface area contributed by atoms with Crippen LogP contribution in [0.4, 0.5) is 5.69 Å². The molecular weight excluding hydrogens is 560 g/mol. The van der Waals surface area contributed by atoms with Gasteiger partial charge in [-0.05, 0) is 73.7 Å². The first-order chi connectivity index (χ1) is 21.3. The van der Waals surface area contributed by atoms with Crippen molar-refractivity contribution < 1.29 is 33.3 Å². The first-order valence-corrected chi connectivity index (χ1v) is 14.5. The van der Waals surface area contributed by atoms with Crippen LogP contribution in [0.15, 0.2) is 83.2 Å². The summed E-state index contributed by atoms with van der Waals surface area (Å²) in [5.74, 6) is 1.80. The summed E-state index contributed by atoms with van der Waals surface area (Å²) in [6, 6.07) is 18.5. The van der Waals surface area contributed by atoms with Crippen LogP contribution in [0.5, 0.6) is 28.7 Å². The van der Waals surface area contributed by atoms with Gasteiger partial charge in [-0.25, -0.2) is 0 Å². The van der Waals surface area contributed by atoms with E-state index in [-0.39, 0.29) is 24.0 Å². The lowest BCUT2D eigenvalue weighted by atomic mass is 9.71. The first-order valence-electron chi connectivity index (χ1n) is 14.5. The third-order valence-electron chi connectivity index (χ3n) is 8.13. The molecule has 2 atom stereocenters. The summed E-state index contributed by atoms with van der Waals surface area (Å²) in [4.78, 5) is 28.2. The van der Waals surface area contributed by atoms with Gasteiger partial charge in [-0.15, -0.1) is 0 Å². The maximum absolute atomic E-state index is 14.1. The van der Waals surface area contributed by atoms with E-state index >= 15 is 0 Å². The molecule has 0 bridgehead atoms. The van der Waals surface area contributed by atoms with Crippen LogP contribution in [-0.4, -0.2) is 46.7 Å². The minimum absolute atomic E-state index is 0.0357. The van der Waals surface area contributed by atoms with Crippen LogP contribution in [-0.2, 0) is 9.59 Å². The molecule has 0 saturated carbocycles. The molecule has 3 aromatic rings. The molecule has 9 heteroatoms. The van der Waals surface area contributed by atoms with Gasteiger partial charge in [0.05, 0.1) is 40.7 Å². The third-order valence-corrected chi connectivity index (χ3v) is 8.13. The minimum Gasteiger partial charge on any atom is -0.495 e. The molecule has 44 heavy (non-hydrogen) atoms. The Morgan fingerprint density at radius 1 is 0.818 bits per heavy atom. The van der Waals surface area contributed by atoms with Gasteiger partial charge in [0.25, 0.3) is 5.91 Å². The molecule has 9 nitrogen and oxygen atoms in total. The number of hydrogen-bond donors (Lipinski definition) is 2. The molecule has 0 radical (unpaired) electrons. The number of ether oxygens (including phenoxy) is 5. The molecule has 0 aromatic heterocycles. The second-order valence-corrected chi connectivity index (χ2v) is 10.6. The number of dihydropyridines is 1. The fourth-order valence-corrected chi connectivity index (χ4v) is 6.09. The molecule has 1 amide bonds. The van der Waals surface area contributed by atoms with Gasteiger partial charge in [0, 0.05) is 34.9 Å². The van der Waals surface area contributed by atoms with Crippen LogP contribution < -0.4 is 34.3 Å². The Kier molecular flexibility index (Phi) is 9.13. The van der Waals surface area contributed by atoms with Crippen LogP contribution in [0.2, 0.25) is 0 Å². The van der Waals surface area contributed by atoms with E-state index < -0.39 is 5.92 Å². The molecule has 0 saturated heterocycles. The van der Waals surface area contributed by atoms with Crippen molar-refractivity contribution in [3.05, 3.63) is 94.3 Å². The average molecular weight is 599 g/mol. The molecule has 2 aliphatic rings. The van der Waals surface area contributed by atoms with E-state index in [0.717, 1.165) is 16.8 Å². The quantitative estimate of drug-likeness (QED) is 0.288. The highest BCUT2D eigenvalue weighted by Crippen LogP contribution is 2.47. The van der Waals surface area contributed by atoms with E-state index in [1.807, 2.05) is 62.4 Å². The van der Waals surface area contributed by atoms with Crippen LogP contribution in [0.1, 0.15) is 49.7 Å². The number of para-hydroxylation sites is 2. The Balaban J connectivity index is 1.59. The van der Waals surface area contributed by atoms with Crippen molar-refractivity contribution in [2.75, 3.05) is 40.4 Å². The van der Waals surface area contributed by atoms with E-state index in [4.69, 9.17) is 23.7 Å². The van der Waals surface area contributed by atoms with Crippen molar-refractivity contribution in [1.29, 1.82) is 0 Å². The van der Waals surface area contributed by atoms with Crippen LogP contribution >= 0.6 is 0 Å². The largest absolute Gasteiger partial charge is 0.495 e. The number of nitrogens with one attached hydrogen (secondary N) is 2. The first kappa shape index (κ1) is 30.5. The molecule has 2 unspecified atom stereocenters. The van der Waals surface area contributed by atoms with Gasteiger partial charge in [0.1, 0.15) is 5.75 Å². The lowest BCUT2D eigenvalue weighted by Crippen LogP contribution is -2.37. The molecule has 3 aromatic carbocycles. The highest BCUT2D eigenvalue weighted by molar-refractivity contribution is 6.10. The summed E-state index contributed by atoms with van der Waals surface area (Å²) in [5.41, 5.74) is 4.74. The third kappa shape index (κ3) is 5.82. The highest BCUT2D eigenvalue weighted by atomic mass is 16.5. The number of benzene rings is 3. The Hall–Kier alpha value is -4.92. The maximum Gasteiger partial charge on any atom is 0.254 e. The summed E-state index contributed by atoms with van der Waals surface area (Å²) in [5, 5.41) is 6.45. The Bertz CT molecular complexity index is 1640.